The van der Waals surface area contributed by atoms with Crippen molar-refractivity contribution in [2.45, 2.75) is 13.2 Å². The maximum absolute atomic E-state index is 12.7. The average molecular weight is 398 g/mol. The summed E-state index contributed by atoms with van der Waals surface area (Å²) < 4.78 is 6.66. The second-order valence-electron chi connectivity index (χ2n) is 6.84. The van der Waals surface area contributed by atoms with Gasteiger partial charge in [-0.15, -0.1) is 11.3 Å². The van der Waals surface area contributed by atoms with Crippen molar-refractivity contribution in [3.8, 4) is 0 Å². The molecule has 8 heteroatoms. The minimum absolute atomic E-state index is 0.0491. The number of thiazole rings is 1. The Balaban J connectivity index is 1.35. The lowest BCUT2D eigenvalue weighted by molar-refractivity contribution is 0.0627. The Morgan fingerprint density at radius 2 is 1.93 bits per heavy atom. The molecular formula is C20H22N4O3S. The fraction of sp³-hybridized carbons (Fsp3) is 0.350. The van der Waals surface area contributed by atoms with E-state index in [0.29, 0.717) is 36.8 Å². The van der Waals surface area contributed by atoms with E-state index in [2.05, 4.69) is 9.88 Å². The van der Waals surface area contributed by atoms with Gasteiger partial charge in [-0.3, -0.25) is 18.9 Å². The third-order valence-electron chi connectivity index (χ3n) is 4.91. The third kappa shape index (κ3) is 3.99. The minimum atomic E-state index is -0.0491. The predicted molar refractivity (Wildman–Crippen MR) is 108 cm³/mol. The monoisotopic (exact) mass is 398 g/mol. The first kappa shape index (κ1) is 18.8. The van der Waals surface area contributed by atoms with Crippen LogP contribution in [0.5, 0.6) is 0 Å². The molecule has 0 spiro atoms. The van der Waals surface area contributed by atoms with Crippen molar-refractivity contribution in [1.82, 2.24) is 19.2 Å². The van der Waals surface area contributed by atoms with E-state index in [0.717, 1.165) is 24.3 Å². The average Bonchev–Trinajstić information content (AvgIpc) is 3.18. The lowest BCUT2D eigenvalue weighted by Crippen LogP contribution is -2.48. The van der Waals surface area contributed by atoms with Gasteiger partial charge in [-0.05, 0) is 17.7 Å². The Labute approximate surface area is 166 Å². The van der Waals surface area contributed by atoms with Gasteiger partial charge in [-0.25, -0.2) is 4.98 Å². The van der Waals surface area contributed by atoms with E-state index in [1.165, 1.54) is 11.3 Å². The van der Waals surface area contributed by atoms with Crippen LogP contribution in [0.4, 0.5) is 0 Å². The Morgan fingerprint density at radius 3 is 2.64 bits per heavy atom. The van der Waals surface area contributed by atoms with E-state index >= 15 is 0 Å². The first-order valence-corrected chi connectivity index (χ1v) is 10.1. The fourth-order valence-electron chi connectivity index (χ4n) is 3.40. The van der Waals surface area contributed by atoms with Gasteiger partial charge in [0, 0.05) is 63.0 Å². The number of methoxy groups -OCH3 is 1. The molecule has 1 saturated heterocycles. The number of rotatable bonds is 5. The molecule has 0 bridgehead atoms. The van der Waals surface area contributed by atoms with E-state index in [4.69, 9.17) is 4.74 Å². The van der Waals surface area contributed by atoms with Crippen molar-refractivity contribution >= 4 is 22.2 Å². The van der Waals surface area contributed by atoms with Gasteiger partial charge < -0.3 is 9.64 Å². The molecular weight excluding hydrogens is 376 g/mol. The van der Waals surface area contributed by atoms with Crippen LogP contribution < -0.4 is 5.56 Å². The first-order chi connectivity index (χ1) is 13.6. The molecule has 1 aliphatic rings. The number of aromatic nitrogens is 2. The summed E-state index contributed by atoms with van der Waals surface area (Å²) in [6.07, 6.45) is 1.74. The van der Waals surface area contributed by atoms with Crippen molar-refractivity contribution in [3.05, 3.63) is 69.1 Å². The number of fused-ring (bicyclic) bond motifs is 1. The second-order valence-corrected chi connectivity index (χ2v) is 7.71. The summed E-state index contributed by atoms with van der Waals surface area (Å²) in [7, 11) is 1.66. The van der Waals surface area contributed by atoms with E-state index < -0.39 is 0 Å². The highest BCUT2D eigenvalue weighted by Gasteiger charge is 2.22. The fourth-order valence-corrected chi connectivity index (χ4v) is 4.14. The van der Waals surface area contributed by atoms with Gasteiger partial charge >= 0.3 is 0 Å². The minimum Gasteiger partial charge on any atom is -0.380 e. The quantitative estimate of drug-likeness (QED) is 0.656. The van der Waals surface area contributed by atoms with Crippen LogP contribution >= 0.6 is 11.3 Å². The molecule has 1 aliphatic heterocycles. The molecule has 0 aliphatic carbocycles. The molecule has 0 unspecified atom stereocenters. The molecule has 1 amide bonds. The third-order valence-corrected chi connectivity index (χ3v) is 5.67. The number of amides is 1. The van der Waals surface area contributed by atoms with E-state index in [9.17, 15) is 9.59 Å². The topological polar surface area (TPSA) is 67.2 Å². The molecule has 1 aromatic carbocycles. The molecule has 3 heterocycles. The molecule has 1 fully saturated rings. The zero-order valence-corrected chi connectivity index (χ0v) is 16.5. The maximum atomic E-state index is 12.7. The summed E-state index contributed by atoms with van der Waals surface area (Å²) in [5, 5.41) is 1.86. The Morgan fingerprint density at radius 1 is 1.18 bits per heavy atom. The summed E-state index contributed by atoms with van der Waals surface area (Å²) in [6.45, 7) is 4.02. The molecule has 28 heavy (non-hydrogen) atoms. The van der Waals surface area contributed by atoms with E-state index in [-0.39, 0.29) is 11.5 Å². The first-order valence-electron chi connectivity index (χ1n) is 9.19. The van der Waals surface area contributed by atoms with Crippen LogP contribution in [0.2, 0.25) is 0 Å². The van der Waals surface area contributed by atoms with Gasteiger partial charge in [-0.2, -0.15) is 0 Å². The number of carbonyl (C=O) groups excluding carboxylic acids is 1. The molecule has 7 nitrogen and oxygen atoms in total. The van der Waals surface area contributed by atoms with Crippen molar-refractivity contribution in [3.63, 3.8) is 0 Å². The molecule has 2 aromatic heterocycles. The molecule has 0 N–H and O–H groups in total. The Bertz CT molecular complexity index is 1020. The summed E-state index contributed by atoms with van der Waals surface area (Å²) in [5.41, 5.74) is 2.48. The van der Waals surface area contributed by atoms with Gasteiger partial charge in [0.2, 0.25) is 0 Å². The Hall–Kier alpha value is -2.55. The number of hydrogen-bond acceptors (Lipinski definition) is 6. The van der Waals surface area contributed by atoms with Crippen molar-refractivity contribution < 1.29 is 9.53 Å². The van der Waals surface area contributed by atoms with Crippen molar-refractivity contribution in [1.29, 1.82) is 0 Å². The standard InChI is InChI=1S/C20H22N4O3S/c1-27-14-15-2-4-16(5-3-15)19(26)23-8-6-22(7-9-23)13-17-12-18(25)24-10-11-28-20(24)21-17/h2-5,10-12H,6-9,13-14H2,1H3. The van der Waals surface area contributed by atoms with Crippen LogP contribution in [-0.4, -0.2) is 58.4 Å². The smallest absolute Gasteiger partial charge is 0.258 e. The van der Waals surface area contributed by atoms with Crippen LogP contribution in [0.25, 0.3) is 4.96 Å². The zero-order chi connectivity index (χ0) is 19.5. The SMILES string of the molecule is COCc1ccc(C(=O)N2CCN(Cc3cc(=O)n4ccsc4n3)CC2)cc1. The molecule has 4 rings (SSSR count). The summed E-state index contributed by atoms with van der Waals surface area (Å²) in [5.74, 6) is 0.0555. The zero-order valence-electron chi connectivity index (χ0n) is 15.7. The van der Waals surface area contributed by atoms with Crippen LogP contribution in [0, 0.1) is 0 Å². The van der Waals surface area contributed by atoms with Gasteiger partial charge in [0.05, 0.1) is 12.3 Å². The number of piperazine rings is 1. The Kier molecular flexibility index (Phi) is 5.52. The van der Waals surface area contributed by atoms with Crippen molar-refractivity contribution in [2.24, 2.45) is 0 Å². The largest absolute Gasteiger partial charge is 0.380 e. The molecule has 146 valence electrons. The van der Waals surface area contributed by atoms with Crippen LogP contribution in [0.15, 0.2) is 46.7 Å². The maximum Gasteiger partial charge on any atom is 0.258 e. The van der Waals surface area contributed by atoms with Crippen LogP contribution in [-0.2, 0) is 17.9 Å². The normalized spacial score (nSPS) is 15.2. The number of nitrogens with zero attached hydrogens (tertiary/aromatic N) is 4. The van der Waals surface area contributed by atoms with Crippen LogP contribution in [0.3, 0.4) is 0 Å². The predicted octanol–water partition coefficient (Wildman–Crippen LogP) is 1.86. The summed E-state index contributed by atoms with van der Waals surface area (Å²) in [4.78, 5) is 34.2. The second kappa shape index (κ2) is 8.22. The van der Waals surface area contributed by atoms with Gasteiger partial charge in [0.25, 0.3) is 11.5 Å². The van der Waals surface area contributed by atoms with E-state index in [1.807, 2.05) is 34.5 Å². The van der Waals surface area contributed by atoms with E-state index in [1.54, 1.807) is 23.8 Å². The number of carbonyl (C=O) groups is 1. The molecule has 3 aromatic rings. The highest BCUT2D eigenvalue weighted by atomic mass is 32.1. The lowest BCUT2D eigenvalue weighted by Gasteiger charge is -2.34. The molecule has 0 atom stereocenters. The summed E-state index contributed by atoms with van der Waals surface area (Å²) in [6, 6.07) is 9.17. The van der Waals surface area contributed by atoms with Gasteiger partial charge in [0.15, 0.2) is 4.96 Å². The number of hydrogen-bond donors (Lipinski definition) is 0. The number of ether oxygens (including phenoxy) is 1. The summed E-state index contributed by atoms with van der Waals surface area (Å²) >= 11 is 1.46. The van der Waals surface area contributed by atoms with Gasteiger partial charge in [-0.1, -0.05) is 12.1 Å². The highest BCUT2D eigenvalue weighted by Crippen LogP contribution is 2.13. The van der Waals surface area contributed by atoms with Gasteiger partial charge in [0.1, 0.15) is 0 Å². The molecule has 0 saturated carbocycles. The molecule has 0 radical (unpaired) electrons. The van der Waals surface area contributed by atoms with Crippen LogP contribution in [0.1, 0.15) is 21.6 Å². The number of benzene rings is 1. The highest BCUT2D eigenvalue weighted by molar-refractivity contribution is 7.15. The van der Waals surface area contributed by atoms with Crippen molar-refractivity contribution in [2.75, 3.05) is 33.3 Å². The lowest BCUT2D eigenvalue weighted by atomic mass is 10.1.